The predicted molar refractivity (Wildman–Crippen MR) is 93.7 cm³/mol. The van der Waals surface area contributed by atoms with Crippen molar-refractivity contribution in [3.63, 3.8) is 0 Å². The summed E-state index contributed by atoms with van der Waals surface area (Å²) in [6, 6.07) is 6.03. The van der Waals surface area contributed by atoms with Gasteiger partial charge in [-0.3, -0.25) is 4.79 Å². The molecule has 0 N–H and O–H groups in total. The topological polar surface area (TPSA) is 55.6 Å². The normalized spacial score (nSPS) is 19.9. The van der Waals surface area contributed by atoms with Crippen molar-refractivity contribution in [3.05, 3.63) is 47.1 Å². The molecular weight excluding hydrogens is 335 g/mol. The SMILES string of the molecule is O=C(c1onc2c1CCCC2)N1CCC[C@H](COc2ccc(F)cc2)C1. The van der Waals surface area contributed by atoms with Crippen molar-refractivity contribution >= 4 is 5.91 Å². The third-order valence-corrected chi connectivity index (χ3v) is 5.26. The van der Waals surface area contributed by atoms with E-state index >= 15 is 0 Å². The summed E-state index contributed by atoms with van der Waals surface area (Å²) in [5.41, 5.74) is 1.96. The lowest BCUT2D eigenvalue weighted by Crippen LogP contribution is -2.41. The fraction of sp³-hybridized carbons (Fsp3) is 0.500. The molecule has 0 bridgehead atoms. The van der Waals surface area contributed by atoms with Crippen molar-refractivity contribution in [3.8, 4) is 5.75 Å². The minimum absolute atomic E-state index is 0.0490. The number of aryl methyl sites for hydroxylation is 1. The van der Waals surface area contributed by atoms with Gasteiger partial charge in [-0.2, -0.15) is 0 Å². The number of halogens is 1. The van der Waals surface area contributed by atoms with Crippen LogP contribution < -0.4 is 4.74 Å². The van der Waals surface area contributed by atoms with Gasteiger partial charge < -0.3 is 14.2 Å². The summed E-state index contributed by atoms with van der Waals surface area (Å²) in [5.74, 6) is 1.02. The molecule has 26 heavy (non-hydrogen) atoms. The molecule has 0 spiro atoms. The van der Waals surface area contributed by atoms with Crippen LogP contribution in [0.4, 0.5) is 4.39 Å². The number of benzene rings is 1. The van der Waals surface area contributed by atoms with E-state index in [1.165, 1.54) is 12.1 Å². The summed E-state index contributed by atoms with van der Waals surface area (Å²) >= 11 is 0. The highest BCUT2D eigenvalue weighted by atomic mass is 19.1. The third-order valence-electron chi connectivity index (χ3n) is 5.26. The maximum absolute atomic E-state index is 13.0. The first-order chi connectivity index (χ1) is 12.7. The standard InChI is InChI=1S/C20H23FN2O3/c21-15-7-9-16(10-8-15)25-13-14-4-3-11-23(12-14)20(24)19-17-5-1-2-6-18(17)22-26-19/h7-10,14H,1-6,11-13H2/t14-/m0/s1. The number of nitrogens with zero attached hydrogens (tertiary/aromatic N) is 2. The summed E-state index contributed by atoms with van der Waals surface area (Å²) in [6.07, 6.45) is 5.94. The van der Waals surface area contributed by atoms with E-state index < -0.39 is 0 Å². The first-order valence-electron chi connectivity index (χ1n) is 9.36. The molecule has 1 aromatic carbocycles. The maximum Gasteiger partial charge on any atom is 0.292 e. The van der Waals surface area contributed by atoms with Gasteiger partial charge in [0.25, 0.3) is 5.91 Å². The van der Waals surface area contributed by atoms with Crippen LogP contribution in [-0.4, -0.2) is 35.7 Å². The second-order valence-electron chi connectivity index (χ2n) is 7.17. The van der Waals surface area contributed by atoms with Crippen LogP contribution in [0.2, 0.25) is 0 Å². The molecule has 6 heteroatoms. The van der Waals surface area contributed by atoms with Crippen LogP contribution in [0, 0.1) is 11.7 Å². The maximum atomic E-state index is 13.0. The Labute approximate surface area is 152 Å². The third kappa shape index (κ3) is 3.59. The number of aromatic nitrogens is 1. The largest absolute Gasteiger partial charge is 0.493 e. The van der Waals surface area contributed by atoms with Gasteiger partial charge >= 0.3 is 0 Å². The second kappa shape index (κ2) is 7.48. The number of carbonyl (C=O) groups is 1. The van der Waals surface area contributed by atoms with Crippen LogP contribution in [0.5, 0.6) is 5.75 Å². The van der Waals surface area contributed by atoms with Gasteiger partial charge in [-0.1, -0.05) is 5.16 Å². The lowest BCUT2D eigenvalue weighted by molar-refractivity contribution is 0.0591. The predicted octanol–water partition coefficient (Wildman–Crippen LogP) is 3.62. The summed E-state index contributed by atoms with van der Waals surface area (Å²) in [6.45, 7) is 1.90. The molecule has 1 amide bonds. The summed E-state index contributed by atoms with van der Waals surface area (Å²) in [7, 11) is 0. The number of hydrogen-bond donors (Lipinski definition) is 0. The van der Waals surface area contributed by atoms with E-state index in [1.807, 2.05) is 4.90 Å². The number of fused-ring (bicyclic) bond motifs is 1. The van der Waals surface area contributed by atoms with Crippen LogP contribution in [0.3, 0.4) is 0 Å². The number of hydrogen-bond acceptors (Lipinski definition) is 4. The molecule has 1 aromatic heterocycles. The Balaban J connectivity index is 1.38. The summed E-state index contributed by atoms with van der Waals surface area (Å²) in [4.78, 5) is 14.8. The molecule has 1 fully saturated rings. The van der Waals surface area contributed by atoms with Crippen molar-refractivity contribution in [1.82, 2.24) is 10.1 Å². The molecule has 0 unspecified atom stereocenters. The first-order valence-corrected chi connectivity index (χ1v) is 9.36. The Hall–Kier alpha value is -2.37. The zero-order chi connectivity index (χ0) is 17.9. The number of amides is 1. The molecule has 1 atom stereocenters. The molecule has 0 saturated carbocycles. The van der Waals surface area contributed by atoms with Gasteiger partial charge in [0.15, 0.2) is 0 Å². The number of ether oxygens (including phenoxy) is 1. The molecule has 4 rings (SSSR count). The molecule has 5 nitrogen and oxygen atoms in total. The van der Waals surface area contributed by atoms with E-state index in [4.69, 9.17) is 9.26 Å². The highest BCUT2D eigenvalue weighted by Crippen LogP contribution is 2.27. The molecule has 2 aromatic rings. The minimum Gasteiger partial charge on any atom is -0.493 e. The van der Waals surface area contributed by atoms with E-state index in [9.17, 15) is 9.18 Å². The Bertz CT molecular complexity index is 772. The molecule has 2 heterocycles. The van der Waals surface area contributed by atoms with E-state index in [-0.39, 0.29) is 17.6 Å². The van der Waals surface area contributed by atoms with Gasteiger partial charge in [0, 0.05) is 24.6 Å². The number of carbonyl (C=O) groups excluding carboxylic acids is 1. The number of rotatable bonds is 4. The zero-order valence-electron chi connectivity index (χ0n) is 14.7. The molecular formula is C20H23FN2O3. The zero-order valence-corrected chi connectivity index (χ0v) is 14.7. The molecule has 0 radical (unpaired) electrons. The fourth-order valence-corrected chi connectivity index (χ4v) is 3.83. The van der Waals surface area contributed by atoms with Crippen molar-refractivity contribution < 1.29 is 18.4 Å². The van der Waals surface area contributed by atoms with Gasteiger partial charge in [-0.15, -0.1) is 0 Å². The van der Waals surface area contributed by atoms with Gasteiger partial charge in [0.1, 0.15) is 11.6 Å². The Morgan fingerprint density at radius 1 is 1.23 bits per heavy atom. The van der Waals surface area contributed by atoms with E-state index in [0.29, 0.717) is 24.7 Å². The van der Waals surface area contributed by atoms with Gasteiger partial charge in [-0.25, -0.2) is 4.39 Å². The van der Waals surface area contributed by atoms with E-state index in [1.54, 1.807) is 12.1 Å². The monoisotopic (exact) mass is 358 g/mol. The second-order valence-corrected chi connectivity index (χ2v) is 7.17. The van der Waals surface area contributed by atoms with Crippen LogP contribution in [0.15, 0.2) is 28.8 Å². The van der Waals surface area contributed by atoms with Crippen LogP contribution in [-0.2, 0) is 12.8 Å². The van der Waals surface area contributed by atoms with Gasteiger partial charge in [-0.05, 0) is 62.8 Å². The number of piperidine rings is 1. The van der Waals surface area contributed by atoms with Crippen molar-refractivity contribution in [2.24, 2.45) is 5.92 Å². The highest BCUT2D eigenvalue weighted by molar-refractivity contribution is 5.93. The summed E-state index contributed by atoms with van der Waals surface area (Å²) in [5, 5.41) is 4.10. The smallest absolute Gasteiger partial charge is 0.292 e. The molecule has 2 aliphatic rings. The lowest BCUT2D eigenvalue weighted by atomic mass is 9.94. The van der Waals surface area contributed by atoms with Gasteiger partial charge in [0.2, 0.25) is 5.76 Å². The van der Waals surface area contributed by atoms with E-state index in [2.05, 4.69) is 5.16 Å². The van der Waals surface area contributed by atoms with Gasteiger partial charge in [0.05, 0.1) is 12.3 Å². The molecule has 1 saturated heterocycles. The highest BCUT2D eigenvalue weighted by Gasteiger charge is 2.31. The Morgan fingerprint density at radius 2 is 2.04 bits per heavy atom. The lowest BCUT2D eigenvalue weighted by Gasteiger charge is -2.32. The fourth-order valence-electron chi connectivity index (χ4n) is 3.83. The molecule has 1 aliphatic carbocycles. The molecule has 1 aliphatic heterocycles. The van der Waals surface area contributed by atoms with E-state index in [0.717, 1.165) is 56.3 Å². The van der Waals surface area contributed by atoms with Crippen LogP contribution in [0.1, 0.15) is 47.5 Å². The Morgan fingerprint density at radius 3 is 2.88 bits per heavy atom. The Kier molecular flexibility index (Phi) is 4.91. The minimum atomic E-state index is -0.276. The first kappa shape index (κ1) is 17.1. The number of likely N-dealkylation sites (tertiary alicyclic amines) is 1. The average Bonchev–Trinajstić information content (AvgIpc) is 3.11. The average molecular weight is 358 g/mol. The van der Waals surface area contributed by atoms with Crippen LogP contribution >= 0.6 is 0 Å². The quantitative estimate of drug-likeness (QED) is 0.838. The van der Waals surface area contributed by atoms with Crippen molar-refractivity contribution in [2.75, 3.05) is 19.7 Å². The van der Waals surface area contributed by atoms with Crippen molar-refractivity contribution in [1.29, 1.82) is 0 Å². The molecule has 138 valence electrons. The van der Waals surface area contributed by atoms with Crippen molar-refractivity contribution in [2.45, 2.75) is 38.5 Å². The van der Waals surface area contributed by atoms with Crippen LogP contribution in [0.25, 0.3) is 0 Å². The summed E-state index contributed by atoms with van der Waals surface area (Å²) < 4.78 is 24.1.